The Morgan fingerprint density at radius 2 is 2.13 bits per heavy atom. The molecule has 3 nitrogen and oxygen atoms in total. The van der Waals surface area contributed by atoms with E-state index in [1.165, 1.54) is 25.7 Å². The van der Waals surface area contributed by atoms with E-state index in [9.17, 15) is 0 Å². The van der Waals surface area contributed by atoms with Gasteiger partial charge >= 0.3 is 0 Å². The molecule has 0 spiro atoms. The minimum Gasteiger partial charge on any atom is -0.382 e. The first-order valence-electron chi connectivity index (χ1n) is 5.24. The van der Waals surface area contributed by atoms with Crippen LogP contribution in [-0.4, -0.2) is 16.1 Å². The van der Waals surface area contributed by atoms with E-state index in [1.54, 1.807) is 6.07 Å². The lowest BCUT2D eigenvalue weighted by molar-refractivity contribution is 0.886. The van der Waals surface area contributed by atoms with Crippen molar-refractivity contribution in [3.63, 3.8) is 0 Å². The minimum absolute atomic E-state index is 0.0453. The van der Waals surface area contributed by atoms with Crippen molar-refractivity contribution in [1.82, 2.24) is 4.98 Å². The van der Waals surface area contributed by atoms with Gasteiger partial charge in [0.2, 0.25) is 0 Å². The molecule has 1 aromatic heterocycles. The lowest BCUT2D eigenvalue weighted by Crippen LogP contribution is -2.13. The summed E-state index contributed by atoms with van der Waals surface area (Å²) < 4.78 is 0. The summed E-state index contributed by atoms with van der Waals surface area (Å²) >= 11 is 1.82. The summed E-state index contributed by atoms with van der Waals surface area (Å²) in [5.41, 5.74) is 5.98. The molecule has 80 valence electrons. The molecule has 0 saturated heterocycles. The van der Waals surface area contributed by atoms with Crippen LogP contribution in [0.1, 0.15) is 31.4 Å². The van der Waals surface area contributed by atoms with E-state index in [4.69, 9.17) is 11.1 Å². The molecule has 1 fully saturated rings. The molecule has 0 radical (unpaired) electrons. The molecule has 2 rings (SSSR count). The Kier molecular flexibility index (Phi) is 3.26. The summed E-state index contributed by atoms with van der Waals surface area (Å²) in [6.07, 6.45) is 5.25. The second-order valence-corrected chi connectivity index (χ2v) is 5.12. The summed E-state index contributed by atoms with van der Waals surface area (Å²) in [7, 11) is 0. The van der Waals surface area contributed by atoms with Gasteiger partial charge in [0, 0.05) is 5.25 Å². The van der Waals surface area contributed by atoms with Crippen molar-refractivity contribution in [3.8, 4) is 0 Å². The number of nitrogens with one attached hydrogen (secondary N) is 1. The van der Waals surface area contributed by atoms with Crippen LogP contribution in [0, 0.1) is 5.41 Å². The zero-order valence-corrected chi connectivity index (χ0v) is 9.39. The number of amidine groups is 1. The van der Waals surface area contributed by atoms with E-state index < -0.39 is 0 Å². The monoisotopic (exact) mass is 221 g/mol. The number of nitrogens with zero attached hydrogens (tertiary/aromatic N) is 1. The second-order valence-electron chi connectivity index (χ2n) is 3.80. The largest absolute Gasteiger partial charge is 0.382 e. The molecular weight excluding hydrogens is 206 g/mol. The zero-order chi connectivity index (χ0) is 10.7. The van der Waals surface area contributed by atoms with Crippen molar-refractivity contribution in [1.29, 1.82) is 5.41 Å². The van der Waals surface area contributed by atoms with Gasteiger partial charge in [-0.25, -0.2) is 4.98 Å². The molecule has 4 heteroatoms. The Hall–Kier alpha value is -1.03. The van der Waals surface area contributed by atoms with E-state index in [0.29, 0.717) is 10.9 Å². The van der Waals surface area contributed by atoms with Crippen LogP contribution >= 0.6 is 11.8 Å². The normalized spacial score (nSPS) is 16.8. The molecule has 15 heavy (non-hydrogen) atoms. The van der Waals surface area contributed by atoms with Crippen LogP contribution in [0.4, 0.5) is 0 Å². The third kappa shape index (κ3) is 2.72. The lowest BCUT2D eigenvalue weighted by atomic mass is 10.3. The van der Waals surface area contributed by atoms with E-state index >= 15 is 0 Å². The van der Waals surface area contributed by atoms with Crippen LogP contribution < -0.4 is 5.73 Å². The number of pyridine rings is 1. The quantitative estimate of drug-likeness (QED) is 0.608. The molecule has 0 bridgehead atoms. The van der Waals surface area contributed by atoms with Gasteiger partial charge in [-0.05, 0) is 25.0 Å². The Labute approximate surface area is 94.0 Å². The van der Waals surface area contributed by atoms with Crippen LogP contribution in [-0.2, 0) is 0 Å². The third-order valence-corrected chi connectivity index (χ3v) is 3.86. The summed E-state index contributed by atoms with van der Waals surface area (Å²) in [5.74, 6) is 0.0453. The summed E-state index contributed by atoms with van der Waals surface area (Å²) in [5, 5.41) is 9.03. The first-order valence-corrected chi connectivity index (χ1v) is 6.12. The van der Waals surface area contributed by atoms with Crippen molar-refractivity contribution < 1.29 is 0 Å². The highest BCUT2D eigenvalue weighted by Crippen LogP contribution is 2.33. The Bertz CT molecular complexity index is 359. The molecule has 1 aromatic rings. The average Bonchev–Trinajstić information content (AvgIpc) is 2.71. The van der Waals surface area contributed by atoms with Gasteiger partial charge in [-0.1, -0.05) is 18.9 Å². The molecular formula is C11H15N3S. The number of rotatable bonds is 3. The molecule has 1 aliphatic carbocycles. The van der Waals surface area contributed by atoms with Gasteiger partial charge in [0.25, 0.3) is 0 Å². The predicted octanol–water partition coefficient (Wildman–Crippen LogP) is 2.40. The summed E-state index contributed by atoms with van der Waals surface area (Å²) in [6.45, 7) is 0. The molecule has 3 N–H and O–H groups in total. The van der Waals surface area contributed by atoms with E-state index in [2.05, 4.69) is 4.98 Å². The molecule has 1 aliphatic rings. The number of nitrogens with two attached hydrogens (primary N) is 1. The van der Waals surface area contributed by atoms with Gasteiger partial charge in [0.1, 0.15) is 11.5 Å². The fourth-order valence-corrected chi connectivity index (χ4v) is 3.03. The Balaban J connectivity index is 2.07. The van der Waals surface area contributed by atoms with Crippen molar-refractivity contribution in [2.75, 3.05) is 0 Å². The molecule has 1 saturated carbocycles. The number of aromatic nitrogens is 1. The molecule has 0 aromatic carbocycles. The molecule has 0 atom stereocenters. The number of thioether (sulfide) groups is 1. The maximum Gasteiger partial charge on any atom is 0.141 e. The number of hydrogen-bond donors (Lipinski definition) is 2. The van der Waals surface area contributed by atoms with E-state index in [-0.39, 0.29) is 5.84 Å². The van der Waals surface area contributed by atoms with Crippen LogP contribution in [0.3, 0.4) is 0 Å². The molecule has 0 amide bonds. The van der Waals surface area contributed by atoms with Gasteiger partial charge in [-0.3, -0.25) is 5.41 Å². The predicted molar refractivity (Wildman–Crippen MR) is 63.4 cm³/mol. The molecule has 0 aliphatic heterocycles. The van der Waals surface area contributed by atoms with Crippen LogP contribution in [0.25, 0.3) is 0 Å². The SMILES string of the molecule is N=C(N)c1cccc(SC2CCCC2)n1. The van der Waals surface area contributed by atoms with Gasteiger partial charge in [-0.2, -0.15) is 0 Å². The van der Waals surface area contributed by atoms with Crippen LogP contribution in [0.5, 0.6) is 0 Å². The molecule has 1 heterocycles. The first-order chi connectivity index (χ1) is 7.25. The average molecular weight is 221 g/mol. The summed E-state index contributed by atoms with van der Waals surface area (Å²) in [4.78, 5) is 4.35. The Morgan fingerprint density at radius 3 is 2.80 bits per heavy atom. The fourth-order valence-electron chi connectivity index (χ4n) is 1.81. The highest BCUT2D eigenvalue weighted by molar-refractivity contribution is 7.99. The maximum absolute atomic E-state index is 7.32. The van der Waals surface area contributed by atoms with Gasteiger partial charge in [0.15, 0.2) is 0 Å². The highest BCUT2D eigenvalue weighted by Gasteiger charge is 2.16. The van der Waals surface area contributed by atoms with Crippen LogP contribution in [0.2, 0.25) is 0 Å². The maximum atomic E-state index is 7.32. The fraction of sp³-hybridized carbons (Fsp3) is 0.455. The molecule has 0 unspecified atom stereocenters. The highest BCUT2D eigenvalue weighted by atomic mass is 32.2. The Morgan fingerprint density at radius 1 is 1.40 bits per heavy atom. The summed E-state index contributed by atoms with van der Waals surface area (Å²) in [6, 6.07) is 5.69. The van der Waals surface area contributed by atoms with Gasteiger partial charge in [0.05, 0.1) is 5.03 Å². The number of hydrogen-bond acceptors (Lipinski definition) is 3. The van der Waals surface area contributed by atoms with Gasteiger partial charge < -0.3 is 5.73 Å². The minimum atomic E-state index is 0.0453. The van der Waals surface area contributed by atoms with Crippen molar-refractivity contribution >= 4 is 17.6 Å². The van der Waals surface area contributed by atoms with Crippen molar-refractivity contribution in [2.45, 2.75) is 36.0 Å². The van der Waals surface area contributed by atoms with E-state index in [0.717, 1.165) is 5.03 Å². The third-order valence-electron chi connectivity index (χ3n) is 2.59. The van der Waals surface area contributed by atoms with E-state index in [1.807, 2.05) is 23.9 Å². The lowest BCUT2D eigenvalue weighted by Gasteiger charge is -2.08. The smallest absolute Gasteiger partial charge is 0.141 e. The van der Waals surface area contributed by atoms with Gasteiger partial charge in [-0.15, -0.1) is 11.8 Å². The zero-order valence-electron chi connectivity index (χ0n) is 8.57. The number of nitrogen functional groups attached to an aromatic ring is 1. The topological polar surface area (TPSA) is 62.8 Å². The first kappa shape index (κ1) is 10.5. The standard InChI is InChI=1S/C11H15N3S/c12-11(13)9-6-3-7-10(14-9)15-8-4-1-2-5-8/h3,6-8H,1-2,4-5H2,(H3,12,13). The van der Waals surface area contributed by atoms with Crippen LogP contribution in [0.15, 0.2) is 23.2 Å². The second kappa shape index (κ2) is 4.66. The van der Waals surface area contributed by atoms with Crippen molar-refractivity contribution in [3.05, 3.63) is 23.9 Å². The van der Waals surface area contributed by atoms with Crippen molar-refractivity contribution in [2.24, 2.45) is 5.73 Å².